The van der Waals surface area contributed by atoms with Gasteiger partial charge in [0.1, 0.15) is 0 Å². The van der Waals surface area contributed by atoms with Gasteiger partial charge in [-0.3, -0.25) is 0 Å². The van der Waals surface area contributed by atoms with Gasteiger partial charge in [0, 0.05) is 10.5 Å². The van der Waals surface area contributed by atoms with Gasteiger partial charge in [-0.05, 0) is 48.9 Å². The number of aliphatic hydroxyl groups excluding tert-OH is 1. The topological polar surface area (TPSA) is 66.4 Å². The molecule has 1 aromatic rings. The highest BCUT2D eigenvalue weighted by atomic mass is 79.9. The summed E-state index contributed by atoms with van der Waals surface area (Å²) in [5, 5.41) is 9.26. The van der Waals surface area contributed by atoms with E-state index < -0.39 is 10.0 Å². The molecule has 0 radical (unpaired) electrons. The van der Waals surface area contributed by atoms with Crippen LogP contribution in [0.15, 0.2) is 21.5 Å². The van der Waals surface area contributed by atoms with E-state index in [9.17, 15) is 13.5 Å². The molecule has 1 saturated carbocycles. The van der Waals surface area contributed by atoms with Gasteiger partial charge in [-0.25, -0.2) is 13.1 Å². The molecule has 4 nitrogen and oxygen atoms in total. The van der Waals surface area contributed by atoms with Crippen LogP contribution in [0, 0.1) is 12.8 Å². The number of nitrogens with one attached hydrogen (secondary N) is 1. The summed E-state index contributed by atoms with van der Waals surface area (Å²) in [5.74, 6) is 0.558. The Balaban J connectivity index is 2.29. The van der Waals surface area contributed by atoms with E-state index in [-0.39, 0.29) is 17.5 Å². The molecule has 0 aromatic heterocycles. The zero-order valence-electron chi connectivity index (χ0n) is 12.4. The van der Waals surface area contributed by atoms with Gasteiger partial charge < -0.3 is 5.11 Å². The second-order valence-corrected chi connectivity index (χ2v) is 8.49. The number of rotatable bonds is 4. The van der Waals surface area contributed by atoms with Crippen LogP contribution in [0.4, 0.5) is 0 Å². The first-order valence-corrected chi connectivity index (χ1v) is 9.53. The van der Waals surface area contributed by atoms with Crippen LogP contribution >= 0.6 is 15.9 Å². The molecule has 1 aromatic carbocycles. The molecule has 0 amide bonds. The highest BCUT2D eigenvalue weighted by Gasteiger charge is 2.26. The average Bonchev–Trinajstić information content (AvgIpc) is 2.41. The lowest BCUT2D eigenvalue weighted by molar-refractivity contribution is 0.281. The maximum absolute atomic E-state index is 12.6. The van der Waals surface area contributed by atoms with Crippen LogP contribution in [0.1, 0.15) is 43.7 Å². The van der Waals surface area contributed by atoms with E-state index >= 15 is 0 Å². The van der Waals surface area contributed by atoms with Crippen molar-refractivity contribution in [3.63, 3.8) is 0 Å². The van der Waals surface area contributed by atoms with Gasteiger partial charge in [-0.2, -0.15) is 0 Å². The number of halogens is 1. The third kappa shape index (κ3) is 4.06. The van der Waals surface area contributed by atoms with Crippen LogP contribution in [0.3, 0.4) is 0 Å². The van der Waals surface area contributed by atoms with Crippen molar-refractivity contribution >= 4 is 26.0 Å². The van der Waals surface area contributed by atoms with Crippen molar-refractivity contribution in [2.24, 2.45) is 5.92 Å². The van der Waals surface area contributed by atoms with Crippen LogP contribution in [0.2, 0.25) is 0 Å². The second kappa shape index (κ2) is 6.77. The molecule has 0 saturated heterocycles. The molecule has 6 heteroatoms. The molecule has 2 rings (SSSR count). The summed E-state index contributed by atoms with van der Waals surface area (Å²) in [7, 11) is -3.56. The molecule has 0 spiro atoms. The zero-order valence-corrected chi connectivity index (χ0v) is 14.8. The maximum Gasteiger partial charge on any atom is 0.241 e. The number of hydrogen-bond acceptors (Lipinski definition) is 3. The van der Waals surface area contributed by atoms with Crippen molar-refractivity contribution in [1.82, 2.24) is 4.72 Å². The number of sulfonamides is 1. The van der Waals surface area contributed by atoms with Gasteiger partial charge in [0.2, 0.25) is 10.0 Å². The highest BCUT2D eigenvalue weighted by molar-refractivity contribution is 9.10. The molecule has 21 heavy (non-hydrogen) atoms. The molecule has 0 aliphatic heterocycles. The minimum atomic E-state index is -3.56. The van der Waals surface area contributed by atoms with Crippen molar-refractivity contribution < 1.29 is 13.5 Å². The number of aliphatic hydroxyl groups is 1. The summed E-state index contributed by atoms with van der Waals surface area (Å²) in [6, 6.07) is 3.31. The molecule has 2 unspecified atom stereocenters. The van der Waals surface area contributed by atoms with E-state index in [1.54, 1.807) is 19.1 Å². The fourth-order valence-corrected chi connectivity index (χ4v) is 5.14. The molecule has 1 aliphatic carbocycles. The van der Waals surface area contributed by atoms with Crippen molar-refractivity contribution in [2.75, 3.05) is 0 Å². The summed E-state index contributed by atoms with van der Waals surface area (Å²) >= 11 is 3.36. The van der Waals surface area contributed by atoms with Gasteiger partial charge in [-0.1, -0.05) is 35.7 Å². The molecule has 0 heterocycles. The first-order chi connectivity index (χ1) is 9.83. The molecule has 1 fully saturated rings. The normalized spacial score (nSPS) is 23.2. The molecule has 118 valence electrons. The van der Waals surface area contributed by atoms with Crippen LogP contribution in [-0.2, 0) is 16.6 Å². The van der Waals surface area contributed by atoms with E-state index in [0.717, 1.165) is 19.3 Å². The molecule has 1 aliphatic rings. The summed E-state index contributed by atoms with van der Waals surface area (Å²) in [5.41, 5.74) is 1.26. The lowest BCUT2D eigenvalue weighted by Crippen LogP contribution is -2.38. The fourth-order valence-electron chi connectivity index (χ4n) is 2.90. The molecule has 0 bridgehead atoms. The Morgan fingerprint density at radius 2 is 2.10 bits per heavy atom. The summed E-state index contributed by atoms with van der Waals surface area (Å²) in [4.78, 5) is 0.249. The fraction of sp³-hybridized carbons (Fsp3) is 0.600. The van der Waals surface area contributed by atoms with Crippen molar-refractivity contribution in [3.05, 3.63) is 27.7 Å². The summed E-state index contributed by atoms with van der Waals surface area (Å²) in [6.45, 7) is 3.75. The van der Waals surface area contributed by atoms with Crippen LogP contribution in [0.25, 0.3) is 0 Å². The lowest BCUT2D eigenvalue weighted by atomic mass is 9.88. The third-order valence-electron chi connectivity index (χ3n) is 4.09. The Bertz CT molecular complexity index is 616. The van der Waals surface area contributed by atoms with Crippen LogP contribution in [0.5, 0.6) is 0 Å². The second-order valence-electron chi connectivity index (χ2n) is 5.95. The minimum Gasteiger partial charge on any atom is -0.392 e. The lowest BCUT2D eigenvalue weighted by Gasteiger charge is -2.27. The first-order valence-electron chi connectivity index (χ1n) is 7.25. The molecular weight excluding hydrogens is 354 g/mol. The Labute approximate surface area is 135 Å². The predicted molar refractivity (Wildman–Crippen MR) is 86.5 cm³/mol. The molecule has 2 N–H and O–H groups in total. The van der Waals surface area contributed by atoms with Crippen molar-refractivity contribution in [1.29, 1.82) is 0 Å². The highest BCUT2D eigenvalue weighted by Crippen LogP contribution is 2.28. The van der Waals surface area contributed by atoms with E-state index in [2.05, 4.69) is 27.6 Å². The standard InChI is InChI=1S/C15H22BrNO3S/c1-10-4-3-5-13(6-10)17-21(19,20)15-8-12(9-18)7-14(16)11(15)2/h7-8,10,13,17-18H,3-6,9H2,1-2H3. The van der Waals surface area contributed by atoms with Gasteiger partial charge in [-0.15, -0.1) is 0 Å². The first kappa shape index (κ1) is 16.9. The van der Waals surface area contributed by atoms with E-state index in [1.807, 2.05) is 0 Å². The largest absolute Gasteiger partial charge is 0.392 e. The maximum atomic E-state index is 12.6. The van der Waals surface area contributed by atoms with E-state index in [0.29, 0.717) is 21.5 Å². The Morgan fingerprint density at radius 3 is 2.71 bits per heavy atom. The summed E-state index contributed by atoms with van der Waals surface area (Å²) in [6.07, 6.45) is 4.01. The zero-order chi connectivity index (χ0) is 15.6. The average molecular weight is 376 g/mol. The molecular formula is C15H22BrNO3S. The molecule has 2 atom stereocenters. The quantitative estimate of drug-likeness (QED) is 0.849. The van der Waals surface area contributed by atoms with Crippen molar-refractivity contribution in [3.8, 4) is 0 Å². The number of benzene rings is 1. The number of hydrogen-bond donors (Lipinski definition) is 2. The van der Waals surface area contributed by atoms with Gasteiger partial charge >= 0.3 is 0 Å². The minimum absolute atomic E-state index is 0.00899. The third-order valence-corrected chi connectivity index (χ3v) is 6.56. The van der Waals surface area contributed by atoms with Crippen LogP contribution < -0.4 is 4.72 Å². The SMILES string of the molecule is Cc1c(Br)cc(CO)cc1S(=O)(=O)NC1CCCC(C)C1. The smallest absolute Gasteiger partial charge is 0.241 e. The van der Waals surface area contributed by atoms with Crippen molar-refractivity contribution in [2.45, 2.75) is 57.1 Å². The summed E-state index contributed by atoms with van der Waals surface area (Å²) < 4.78 is 28.8. The monoisotopic (exact) mass is 375 g/mol. The van der Waals surface area contributed by atoms with E-state index in [4.69, 9.17) is 0 Å². The van der Waals surface area contributed by atoms with E-state index in [1.165, 1.54) is 6.42 Å². The van der Waals surface area contributed by atoms with Gasteiger partial charge in [0.05, 0.1) is 11.5 Å². The Hall–Kier alpha value is -0.430. The predicted octanol–water partition coefficient (Wildman–Crippen LogP) is 3.11. The van der Waals surface area contributed by atoms with Crippen LogP contribution in [-0.4, -0.2) is 19.6 Å². The van der Waals surface area contributed by atoms with Gasteiger partial charge in [0.25, 0.3) is 0 Å². The Kier molecular flexibility index (Phi) is 5.46. The van der Waals surface area contributed by atoms with Gasteiger partial charge in [0.15, 0.2) is 0 Å². The Morgan fingerprint density at radius 1 is 1.38 bits per heavy atom.